The summed E-state index contributed by atoms with van der Waals surface area (Å²) in [4.78, 5) is 0. The molecule has 1 aromatic rings. The van der Waals surface area contributed by atoms with Crippen LogP contribution < -0.4 is 5.32 Å². The van der Waals surface area contributed by atoms with E-state index in [-0.39, 0.29) is 10.6 Å². The Hall–Kier alpha value is -0.643. The molecule has 2 bridgehead atoms. The first-order valence-corrected chi connectivity index (χ1v) is 11.7. The number of hydrogen-bond donors (Lipinski definition) is 1. The Labute approximate surface area is 136 Å². The predicted octanol–water partition coefficient (Wildman–Crippen LogP) is 4.82. The predicted molar refractivity (Wildman–Crippen MR) is 95.6 cm³/mol. The fourth-order valence-corrected chi connectivity index (χ4v) is 5.20. The molecule has 2 saturated heterocycles. The molecule has 2 aliphatic heterocycles. The first-order chi connectivity index (χ1) is 10.2. The van der Waals surface area contributed by atoms with Crippen LogP contribution >= 0.6 is 0 Å². The number of benzene rings is 1. The zero-order chi connectivity index (χ0) is 16.0. The fraction of sp³-hybridized carbons (Fsp3) is 0.684. The van der Waals surface area contributed by atoms with Crippen LogP contribution in [-0.4, -0.2) is 20.5 Å². The number of nitrogens with one attached hydrogen (secondary N) is 1. The maximum Gasteiger partial charge on any atom is 0.192 e. The summed E-state index contributed by atoms with van der Waals surface area (Å²) in [5, 5.41) is 4.21. The van der Waals surface area contributed by atoms with Crippen LogP contribution in [-0.2, 0) is 9.96 Å². The molecule has 1 aromatic carbocycles. The van der Waals surface area contributed by atoms with Crippen LogP contribution in [0, 0.1) is 0 Å². The molecule has 0 unspecified atom stereocenters. The summed E-state index contributed by atoms with van der Waals surface area (Å²) in [7, 11) is -1.75. The summed E-state index contributed by atoms with van der Waals surface area (Å²) in [5.41, 5.74) is 1.46. The van der Waals surface area contributed by atoms with Crippen molar-refractivity contribution in [3.8, 4) is 0 Å². The van der Waals surface area contributed by atoms with Crippen LogP contribution in [0.3, 0.4) is 0 Å². The van der Waals surface area contributed by atoms with Gasteiger partial charge in [0.1, 0.15) is 0 Å². The Morgan fingerprint density at radius 2 is 1.77 bits per heavy atom. The van der Waals surface area contributed by atoms with Crippen LogP contribution in [0.1, 0.15) is 52.0 Å². The van der Waals surface area contributed by atoms with Gasteiger partial charge in [-0.05, 0) is 49.4 Å². The van der Waals surface area contributed by atoms with E-state index in [2.05, 4.69) is 69.5 Å². The zero-order valence-corrected chi connectivity index (χ0v) is 15.8. The van der Waals surface area contributed by atoms with Gasteiger partial charge in [-0.15, -0.1) is 0 Å². The van der Waals surface area contributed by atoms with Gasteiger partial charge in [0.05, 0.1) is 11.6 Å². The highest BCUT2D eigenvalue weighted by Crippen LogP contribution is 2.47. The smallest absolute Gasteiger partial charge is 0.192 e. The SMILES string of the molecule is CC(C)(C)[Si](C)(C)O[C@H]1CC[C@@H]2CC[C@@]1(c1ccccc1)N2. The van der Waals surface area contributed by atoms with Crippen LogP contribution in [0.4, 0.5) is 0 Å². The van der Waals surface area contributed by atoms with Crippen molar-refractivity contribution in [2.45, 2.75) is 82.3 Å². The Morgan fingerprint density at radius 1 is 1.09 bits per heavy atom. The second-order valence-electron chi connectivity index (χ2n) is 8.66. The molecule has 2 fully saturated rings. The molecule has 2 aliphatic rings. The van der Waals surface area contributed by atoms with Crippen molar-refractivity contribution in [1.29, 1.82) is 0 Å². The summed E-state index contributed by atoms with van der Waals surface area (Å²) in [5.74, 6) is 0. The Balaban J connectivity index is 1.92. The average molecular weight is 318 g/mol. The Kier molecular flexibility index (Phi) is 4.03. The van der Waals surface area contributed by atoms with Gasteiger partial charge in [-0.2, -0.15) is 0 Å². The molecule has 1 N–H and O–H groups in total. The molecule has 0 aromatic heterocycles. The van der Waals surface area contributed by atoms with Gasteiger partial charge >= 0.3 is 0 Å². The highest BCUT2D eigenvalue weighted by atomic mass is 28.4. The summed E-state index contributed by atoms with van der Waals surface area (Å²) < 4.78 is 6.91. The largest absolute Gasteiger partial charge is 0.412 e. The summed E-state index contributed by atoms with van der Waals surface area (Å²) in [6, 6.07) is 11.7. The molecule has 22 heavy (non-hydrogen) atoms. The molecule has 122 valence electrons. The van der Waals surface area contributed by atoms with Gasteiger partial charge in [0.25, 0.3) is 0 Å². The Bertz CT molecular complexity index is 522. The van der Waals surface area contributed by atoms with E-state index >= 15 is 0 Å². The van der Waals surface area contributed by atoms with Crippen molar-refractivity contribution >= 4 is 8.32 Å². The average Bonchev–Trinajstić information content (AvgIpc) is 2.82. The molecule has 0 radical (unpaired) electrons. The standard InChI is InChI=1S/C19H31NOSi/c1-18(2,3)22(4,5)21-17-12-11-16-13-14-19(17,20-16)15-9-7-6-8-10-15/h6-10,16-17,20H,11-14H2,1-5H3/t16-,17+,19+/m1/s1. The first kappa shape index (κ1) is 16.2. The number of hydrogen-bond acceptors (Lipinski definition) is 2. The lowest BCUT2D eigenvalue weighted by Gasteiger charge is -2.48. The van der Waals surface area contributed by atoms with Crippen molar-refractivity contribution in [3.05, 3.63) is 35.9 Å². The molecule has 2 nitrogen and oxygen atoms in total. The van der Waals surface area contributed by atoms with E-state index in [0.29, 0.717) is 12.1 Å². The van der Waals surface area contributed by atoms with Crippen molar-refractivity contribution in [1.82, 2.24) is 5.32 Å². The van der Waals surface area contributed by atoms with Gasteiger partial charge in [0.2, 0.25) is 0 Å². The number of fused-ring (bicyclic) bond motifs is 2. The van der Waals surface area contributed by atoms with Gasteiger partial charge in [-0.3, -0.25) is 0 Å². The van der Waals surface area contributed by atoms with E-state index in [1.165, 1.54) is 31.2 Å². The third kappa shape index (κ3) is 2.68. The second-order valence-corrected chi connectivity index (χ2v) is 13.4. The number of rotatable bonds is 3. The number of piperidine rings is 1. The van der Waals surface area contributed by atoms with Gasteiger partial charge in [0, 0.05) is 6.04 Å². The van der Waals surface area contributed by atoms with Crippen LogP contribution in [0.25, 0.3) is 0 Å². The molecule has 3 rings (SSSR count). The van der Waals surface area contributed by atoms with Crippen molar-refractivity contribution in [3.63, 3.8) is 0 Å². The van der Waals surface area contributed by atoms with E-state index in [4.69, 9.17) is 4.43 Å². The monoisotopic (exact) mass is 317 g/mol. The maximum absolute atomic E-state index is 6.91. The quantitative estimate of drug-likeness (QED) is 0.807. The van der Waals surface area contributed by atoms with Crippen molar-refractivity contribution in [2.24, 2.45) is 0 Å². The molecule has 0 saturated carbocycles. The second kappa shape index (κ2) is 5.47. The van der Waals surface area contributed by atoms with Crippen molar-refractivity contribution in [2.75, 3.05) is 0 Å². The highest BCUT2D eigenvalue weighted by Gasteiger charge is 2.52. The molecular formula is C19H31NOSi. The topological polar surface area (TPSA) is 21.3 Å². The van der Waals surface area contributed by atoms with E-state index in [1.807, 2.05) is 0 Å². The minimum atomic E-state index is -1.75. The third-order valence-corrected chi connectivity index (χ3v) is 10.7. The minimum Gasteiger partial charge on any atom is -0.412 e. The van der Waals surface area contributed by atoms with Gasteiger partial charge in [-0.25, -0.2) is 0 Å². The lowest BCUT2D eigenvalue weighted by Crippen LogP contribution is -2.58. The van der Waals surface area contributed by atoms with E-state index in [9.17, 15) is 0 Å². The lowest BCUT2D eigenvalue weighted by molar-refractivity contribution is 0.0472. The summed E-state index contributed by atoms with van der Waals surface area (Å²) in [6.07, 6.45) is 5.26. The molecule has 0 amide bonds. The normalized spacial score (nSPS) is 32.2. The van der Waals surface area contributed by atoms with E-state index < -0.39 is 8.32 Å². The van der Waals surface area contributed by atoms with Gasteiger partial charge in [-0.1, -0.05) is 51.1 Å². The Morgan fingerprint density at radius 3 is 2.41 bits per heavy atom. The summed E-state index contributed by atoms with van der Waals surface area (Å²) >= 11 is 0. The third-order valence-electron chi connectivity index (χ3n) is 6.21. The van der Waals surface area contributed by atoms with E-state index in [0.717, 1.165) is 0 Å². The lowest BCUT2D eigenvalue weighted by atomic mass is 9.81. The van der Waals surface area contributed by atoms with Crippen LogP contribution in [0.2, 0.25) is 18.1 Å². The summed E-state index contributed by atoms with van der Waals surface area (Å²) in [6.45, 7) is 11.8. The zero-order valence-electron chi connectivity index (χ0n) is 14.8. The maximum atomic E-state index is 6.91. The van der Waals surface area contributed by atoms with Crippen LogP contribution in [0.15, 0.2) is 30.3 Å². The van der Waals surface area contributed by atoms with Gasteiger partial charge in [0.15, 0.2) is 8.32 Å². The van der Waals surface area contributed by atoms with Gasteiger partial charge < -0.3 is 9.74 Å². The first-order valence-electron chi connectivity index (χ1n) is 8.76. The highest BCUT2D eigenvalue weighted by molar-refractivity contribution is 6.74. The van der Waals surface area contributed by atoms with Crippen molar-refractivity contribution < 1.29 is 4.43 Å². The van der Waals surface area contributed by atoms with E-state index in [1.54, 1.807) is 0 Å². The van der Waals surface area contributed by atoms with Crippen LogP contribution in [0.5, 0.6) is 0 Å². The molecule has 0 aliphatic carbocycles. The molecule has 0 spiro atoms. The molecule has 2 heterocycles. The fourth-order valence-electron chi connectivity index (χ4n) is 3.82. The molecule has 3 heteroatoms. The molecule has 3 atom stereocenters. The minimum absolute atomic E-state index is 0.0414. The molecular weight excluding hydrogens is 286 g/mol.